The molecule has 0 radical (unpaired) electrons. The highest BCUT2D eigenvalue weighted by atomic mass is 16.3. The van der Waals surface area contributed by atoms with Crippen molar-refractivity contribution in [2.24, 2.45) is 0 Å². The zero-order valence-corrected chi connectivity index (χ0v) is 8.29. The molecule has 0 saturated carbocycles. The van der Waals surface area contributed by atoms with Crippen LogP contribution in [0.15, 0.2) is 28.7 Å². The largest absolute Gasteiger partial charge is 0.461 e. The minimum atomic E-state index is 0.776. The van der Waals surface area contributed by atoms with Crippen molar-refractivity contribution >= 4 is 16.7 Å². The first-order chi connectivity index (χ1) is 6.25. The van der Waals surface area contributed by atoms with Crippen molar-refractivity contribution in [3.05, 3.63) is 30.0 Å². The summed E-state index contributed by atoms with van der Waals surface area (Å²) in [7, 11) is 0. The second-order valence-electron chi connectivity index (χ2n) is 2.65. The molecule has 2 rings (SSSR count). The Morgan fingerprint density at radius 2 is 1.85 bits per heavy atom. The standard InChI is InChI=1S/C9H9NO.C2H6/c1-6-4-7-5-8(10)2-3-9(7)11-6;1-2/h2-5H,10H2,1H3;1-2H3. The number of anilines is 1. The predicted molar refractivity (Wildman–Crippen MR) is 56.7 cm³/mol. The fraction of sp³-hybridized carbons (Fsp3) is 0.273. The molecule has 13 heavy (non-hydrogen) atoms. The first-order valence-corrected chi connectivity index (χ1v) is 4.51. The van der Waals surface area contributed by atoms with Crippen molar-refractivity contribution in [3.8, 4) is 0 Å². The fourth-order valence-corrected chi connectivity index (χ4v) is 1.19. The van der Waals surface area contributed by atoms with Crippen molar-refractivity contribution in [3.63, 3.8) is 0 Å². The van der Waals surface area contributed by atoms with Gasteiger partial charge in [0.15, 0.2) is 0 Å². The van der Waals surface area contributed by atoms with Crippen LogP contribution in [0.1, 0.15) is 19.6 Å². The minimum absolute atomic E-state index is 0.776. The van der Waals surface area contributed by atoms with Gasteiger partial charge in [-0.15, -0.1) is 0 Å². The molecule has 0 spiro atoms. The Kier molecular flexibility index (Phi) is 2.96. The second-order valence-corrected chi connectivity index (χ2v) is 2.65. The van der Waals surface area contributed by atoms with E-state index in [1.165, 1.54) is 0 Å². The number of nitrogen functional groups attached to an aromatic ring is 1. The van der Waals surface area contributed by atoms with Crippen LogP contribution < -0.4 is 5.73 Å². The molecule has 2 aromatic rings. The Morgan fingerprint density at radius 1 is 1.15 bits per heavy atom. The van der Waals surface area contributed by atoms with Gasteiger partial charge in [-0.1, -0.05) is 13.8 Å². The number of fused-ring (bicyclic) bond motifs is 1. The minimum Gasteiger partial charge on any atom is -0.461 e. The van der Waals surface area contributed by atoms with E-state index in [9.17, 15) is 0 Å². The van der Waals surface area contributed by atoms with Crippen LogP contribution in [0.2, 0.25) is 0 Å². The van der Waals surface area contributed by atoms with Gasteiger partial charge >= 0.3 is 0 Å². The summed E-state index contributed by atoms with van der Waals surface area (Å²) in [6.45, 7) is 5.93. The smallest absolute Gasteiger partial charge is 0.134 e. The molecule has 0 aliphatic rings. The molecule has 0 unspecified atom stereocenters. The molecule has 2 nitrogen and oxygen atoms in total. The third-order valence-corrected chi connectivity index (χ3v) is 1.66. The summed E-state index contributed by atoms with van der Waals surface area (Å²) in [6, 6.07) is 7.61. The summed E-state index contributed by atoms with van der Waals surface area (Å²) in [5.41, 5.74) is 7.27. The average molecular weight is 177 g/mol. The Morgan fingerprint density at radius 3 is 2.54 bits per heavy atom. The van der Waals surface area contributed by atoms with Gasteiger partial charge in [-0.2, -0.15) is 0 Å². The van der Waals surface area contributed by atoms with Gasteiger partial charge in [0.25, 0.3) is 0 Å². The third kappa shape index (κ3) is 2.02. The van der Waals surface area contributed by atoms with E-state index >= 15 is 0 Å². The molecular weight excluding hydrogens is 162 g/mol. The van der Waals surface area contributed by atoms with Crippen molar-refractivity contribution in [2.75, 3.05) is 5.73 Å². The van der Waals surface area contributed by atoms with Crippen molar-refractivity contribution < 1.29 is 4.42 Å². The van der Waals surface area contributed by atoms with Gasteiger partial charge in [0.05, 0.1) is 0 Å². The Balaban J connectivity index is 0.000000396. The van der Waals surface area contributed by atoms with Gasteiger partial charge < -0.3 is 10.2 Å². The molecule has 0 saturated heterocycles. The highest BCUT2D eigenvalue weighted by molar-refractivity contribution is 5.81. The van der Waals surface area contributed by atoms with Crippen LogP contribution in [-0.2, 0) is 0 Å². The molecule has 0 bridgehead atoms. The van der Waals surface area contributed by atoms with E-state index in [1.807, 2.05) is 45.0 Å². The van der Waals surface area contributed by atoms with Crippen LogP contribution in [0, 0.1) is 6.92 Å². The van der Waals surface area contributed by atoms with Crippen molar-refractivity contribution in [2.45, 2.75) is 20.8 Å². The van der Waals surface area contributed by atoms with Gasteiger partial charge in [0.2, 0.25) is 0 Å². The summed E-state index contributed by atoms with van der Waals surface area (Å²) in [6.07, 6.45) is 0. The number of benzene rings is 1. The molecule has 1 heterocycles. The molecule has 1 aromatic heterocycles. The van der Waals surface area contributed by atoms with Crippen molar-refractivity contribution in [1.82, 2.24) is 0 Å². The first-order valence-electron chi connectivity index (χ1n) is 4.51. The zero-order valence-electron chi connectivity index (χ0n) is 8.29. The normalized spacial score (nSPS) is 9.46. The first kappa shape index (κ1) is 9.65. The number of hydrogen-bond donors (Lipinski definition) is 1. The summed E-state index contributed by atoms with van der Waals surface area (Å²) >= 11 is 0. The monoisotopic (exact) mass is 177 g/mol. The fourth-order valence-electron chi connectivity index (χ4n) is 1.19. The van der Waals surface area contributed by atoms with E-state index in [4.69, 9.17) is 10.2 Å². The Hall–Kier alpha value is -1.44. The van der Waals surface area contributed by atoms with E-state index in [-0.39, 0.29) is 0 Å². The maximum absolute atomic E-state index is 5.59. The van der Waals surface area contributed by atoms with E-state index in [0.717, 1.165) is 22.4 Å². The highest BCUT2D eigenvalue weighted by Gasteiger charge is 1.98. The van der Waals surface area contributed by atoms with E-state index in [2.05, 4.69) is 0 Å². The van der Waals surface area contributed by atoms with Gasteiger partial charge in [-0.25, -0.2) is 0 Å². The van der Waals surface area contributed by atoms with Crippen LogP contribution in [-0.4, -0.2) is 0 Å². The molecule has 0 aliphatic carbocycles. The topological polar surface area (TPSA) is 39.2 Å². The quantitative estimate of drug-likeness (QED) is 0.627. The number of furan rings is 1. The number of aryl methyl sites for hydroxylation is 1. The maximum Gasteiger partial charge on any atom is 0.134 e. The Bertz CT molecular complexity index is 390. The number of hydrogen-bond acceptors (Lipinski definition) is 2. The molecule has 70 valence electrons. The predicted octanol–water partition coefficient (Wildman–Crippen LogP) is 3.35. The SMILES string of the molecule is CC.Cc1cc2cc(N)ccc2o1. The maximum atomic E-state index is 5.59. The lowest BCUT2D eigenvalue weighted by atomic mass is 10.2. The number of rotatable bonds is 0. The molecule has 0 amide bonds. The van der Waals surface area contributed by atoms with Gasteiger partial charge in [0.1, 0.15) is 11.3 Å². The van der Waals surface area contributed by atoms with Crippen molar-refractivity contribution in [1.29, 1.82) is 0 Å². The molecular formula is C11H15NO. The summed E-state index contributed by atoms with van der Waals surface area (Å²) in [5, 5.41) is 1.07. The molecule has 2 N–H and O–H groups in total. The lowest BCUT2D eigenvalue weighted by Gasteiger charge is -1.89. The van der Waals surface area contributed by atoms with Crippen LogP contribution in [0.4, 0.5) is 5.69 Å². The van der Waals surface area contributed by atoms with E-state index < -0.39 is 0 Å². The summed E-state index contributed by atoms with van der Waals surface area (Å²) in [5.74, 6) is 0.922. The summed E-state index contributed by atoms with van der Waals surface area (Å²) in [4.78, 5) is 0. The van der Waals surface area contributed by atoms with Crippen LogP contribution in [0.5, 0.6) is 0 Å². The van der Waals surface area contributed by atoms with E-state index in [1.54, 1.807) is 0 Å². The third-order valence-electron chi connectivity index (χ3n) is 1.66. The molecule has 0 fully saturated rings. The van der Waals surface area contributed by atoms with Gasteiger partial charge in [-0.05, 0) is 31.2 Å². The average Bonchev–Trinajstić information content (AvgIpc) is 2.48. The summed E-state index contributed by atoms with van der Waals surface area (Å²) < 4.78 is 5.37. The second kappa shape index (κ2) is 3.99. The Labute approximate surface area is 78.3 Å². The molecule has 0 atom stereocenters. The van der Waals surface area contributed by atoms with Crippen LogP contribution in [0.25, 0.3) is 11.0 Å². The molecule has 1 aromatic carbocycles. The van der Waals surface area contributed by atoms with Gasteiger partial charge in [-0.3, -0.25) is 0 Å². The van der Waals surface area contributed by atoms with Gasteiger partial charge in [0, 0.05) is 11.1 Å². The highest BCUT2D eigenvalue weighted by Crippen LogP contribution is 2.20. The zero-order chi connectivity index (χ0) is 9.84. The van der Waals surface area contributed by atoms with Crippen LogP contribution >= 0.6 is 0 Å². The molecule has 0 aliphatic heterocycles. The van der Waals surface area contributed by atoms with Crippen LogP contribution in [0.3, 0.4) is 0 Å². The lowest BCUT2D eigenvalue weighted by molar-refractivity contribution is 0.578. The van der Waals surface area contributed by atoms with E-state index in [0.29, 0.717) is 0 Å². The number of nitrogens with two attached hydrogens (primary N) is 1. The molecule has 2 heteroatoms. The lowest BCUT2D eigenvalue weighted by Crippen LogP contribution is -1.80.